The summed E-state index contributed by atoms with van der Waals surface area (Å²) < 4.78 is 0. The Bertz CT molecular complexity index is 366. The van der Waals surface area contributed by atoms with Gasteiger partial charge in [0.25, 0.3) is 5.91 Å². The monoisotopic (exact) mass is 209 g/mol. The highest BCUT2D eigenvalue weighted by atomic mass is 16.2. The van der Waals surface area contributed by atoms with Crippen molar-refractivity contribution in [2.45, 2.75) is 25.8 Å². The summed E-state index contributed by atoms with van der Waals surface area (Å²) in [6, 6.07) is 0.109. The first-order valence-corrected chi connectivity index (χ1v) is 5.05. The van der Waals surface area contributed by atoms with Gasteiger partial charge in [-0.1, -0.05) is 13.8 Å². The summed E-state index contributed by atoms with van der Waals surface area (Å²) in [6.45, 7) is 5.19. The quantitative estimate of drug-likeness (QED) is 0.700. The molecule has 6 nitrogen and oxygen atoms in total. The lowest BCUT2D eigenvalue weighted by Crippen LogP contribution is -2.58. The van der Waals surface area contributed by atoms with Crippen LogP contribution in [0.5, 0.6) is 0 Å². The van der Waals surface area contributed by atoms with Crippen molar-refractivity contribution < 1.29 is 4.79 Å². The number of nitrogens with two attached hydrogens (primary N) is 1. The maximum Gasteiger partial charge on any atom is 0.293 e. The van der Waals surface area contributed by atoms with Crippen molar-refractivity contribution >= 4 is 5.91 Å². The van der Waals surface area contributed by atoms with E-state index < -0.39 is 0 Å². The van der Waals surface area contributed by atoms with E-state index in [1.807, 2.05) is 13.8 Å². The Hall–Kier alpha value is -1.43. The van der Waals surface area contributed by atoms with Crippen LogP contribution < -0.4 is 5.73 Å². The predicted molar refractivity (Wildman–Crippen MR) is 54.4 cm³/mol. The van der Waals surface area contributed by atoms with E-state index in [-0.39, 0.29) is 23.7 Å². The van der Waals surface area contributed by atoms with Gasteiger partial charge in [0, 0.05) is 25.0 Å². The highest BCUT2D eigenvalue weighted by Crippen LogP contribution is 2.12. The van der Waals surface area contributed by atoms with Gasteiger partial charge >= 0.3 is 0 Å². The van der Waals surface area contributed by atoms with Crippen LogP contribution in [-0.2, 0) is 0 Å². The minimum Gasteiger partial charge on any atom is -0.333 e. The molecule has 6 heteroatoms. The van der Waals surface area contributed by atoms with Gasteiger partial charge in [-0.25, -0.2) is 4.98 Å². The first-order valence-electron chi connectivity index (χ1n) is 5.05. The summed E-state index contributed by atoms with van der Waals surface area (Å²) in [4.78, 5) is 17.5. The fourth-order valence-corrected chi connectivity index (χ4v) is 1.45. The number of hydrogen-bond acceptors (Lipinski definition) is 4. The van der Waals surface area contributed by atoms with Crippen LogP contribution in [0.2, 0.25) is 0 Å². The Morgan fingerprint density at radius 1 is 1.60 bits per heavy atom. The molecule has 82 valence electrons. The molecule has 1 aliphatic rings. The molecule has 2 heterocycles. The lowest BCUT2D eigenvalue weighted by atomic mass is 10.1. The molecule has 1 fully saturated rings. The summed E-state index contributed by atoms with van der Waals surface area (Å²) >= 11 is 0. The largest absolute Gasteiger partial charge is 0.333 e. The van der Waals surface area contributed by atoms with E-state index in [1.165, 1.54) is 0 Å². The van der Waals surface area contributed by atoms with Crippen LogP contribution in [0.1, 0.15) is 36.2 Å². The van der Waals surface area contributed by atoms with Crippen molar-refractivity contribution in [3.63, 3.8) is 0 Å². The highest BCUT2D eigenvalue weighted by molar-refractivity contribution is 5.91. The van der Waals surface area contributed by atoms with Crippen molar-refractivity contribution in [2.24, 2.45) is 5.73 Å². The molecule has 3 N–H and O–H groups in total. The smallest absolute Gasteiger partial charge is 0.293 e. The van der Waals surface area contributed by atoms with E-state index in [4.69, 9.17) is 5.73 Å². The maximum atomic E-state index is 11.7. The number of rotatable bonds is 2. The van der Waals surface area contributed by atoms with Crippen LogP contribution in [-0.4, -0.2) is 45.1 Å². The fourth-order valence-electron chi connectivity index (χ4n) is 1.45. The predicted octanol–water partition coefficient (Wildman–Crippen LogP) is -0.289. The average molecular weight is 209 g/mol. The van der Waals surface area contributed by atoms with E-state index in [1.54, 1.807) is 4.90 Å². The van der Waals surface area contributed by atoms with Gasteiger partial charge in [0.15, 0.2) is 0 Å². The Labute approximate surface area is 87.9 Å². The zero-order valence-electron chi connectivity index (χ0n) is 8.90. The normalized spacial score (nSPS) is 16.9. The van der Waals surface area contributed by atoms with Gasteiger partial charge in [-0.3, -0.25) is 9.89 Å². The minimum absolute atomic E-state index is 0.109. The number of carbonyl (C=O) groups excluding carboxylic acids is 1. The van der Waals surface area contributed by atoms with Crippen LogP contribution >= 0.6 is 0 Å². The van der Waals surface area contributed by atoms with Crippen molar-refractivity contribution in [3.05, 3.63) is 11.6 Å². The number of nitrogens with one attached hydrogen (secondary N) is 1. The maximum absolute atomic E-state index is 11.7. The zero-order valence-corrected chi connectivity index (χ0v) is 8.90. The topological polar surface area (TPSA) is 87.9 Å². The second kappa shape index (κ2) is 3.62. The minimum atomic E-state index is -0.139. The zero-order chi connectivity index (χ0) is 11.0. The molecule has 1 saturated heterocycles. The molecular formula is C9H15N5O. The number of H-pyrrole nitrogens is 1. The van der Waals surface area contributed by atoms with Crippen LogP contribution in [0.25, 0.3) is 0 Å². The second-order valence-corrected chi connectivity index (χ2v) is 4.17. The molecule has 15 heavy (non-hydrogen) atoms. The summed E-state index contributed by atoms with van der Waals surface area (Å²) in [5.74, 6) is 1.09. The molecule has 0 atom stereocenters. The van der Waals surface area contributed by atoms with E-state index in [0.717, 1.165) is 5.82 Å². The summed E-state index contributed by atoms with van der Waals surface area (Å²) in [6.07, 6.45) is 0. The first-order chi connectivity index (χ1) is 7.08. The molecule has 0 spiro atoms. The molecule has 0 aliphatic carbocycles. The molecule has 0 saturated carbocycles. The lowest BCUT2D eigenvalue weighted by molar-refractivity contribution is 0.0595. The van der Waals surface area contributed by atoms with Gasteiger partial charge in [0.1, 0.15) is 5.82 Å². The van der Waals surface area contributed by atoms with Crippen molar-refractivity contribution in [1.82, 2.24) is 20.1 Å². The second-order valence-electron chi connectivity index (χ2n) is 4.17. The SMILES string of the molecule is CC(C)c1nc(C(=O)N2CC(N)C2)n[nH]1. The van der Waals surface area contributed by atoms with E-state index >= 15 is 0 Å². The Balaban J connectivity index is 2.06. The molecular weight excluding hydrogens is 194 g/mol. The standard InChI is InChI=1S/C9H15N5O/c1-5(2)7-11-8(13-12-7)9(15)14-3-6(10)4-14/h5-6H,3-4,10H2,1-2H3,(H,11,12,13). The highest BCUT2D eigenvalue weighted by Gasteiger charge is 2.30. The van der Waals surface area contributed by atoms with E-state index in [0.29, 0.717) is 13.1 Å². The number of likely N-dealkylation sites (tertiary alicyclic amines) is 1. The molecule has 0 unspecified atom stereocenters. The van der Waals surface area contributed by atoms with Crippen molar-refractivity contribution in [2.75, 3.05) is 13.1 Å². The summed E-state index contributed by atoms with van der Waals surface area (Å²) in [5, 5.41) is 6.66. The van der Waals surface area contributed by atoms with Gasteiger partial charge < -0.3 is 10.6 Å². The van der Waals surface area contributed by atoms with Crippen LogP contribution in [0, 0.1) is 0 Å². The van der Waals surface area contributed by atoms with Gasteiger partial charge in [0.05, 0.1) is 0 Å². The molecule has 0 bridgehead atoms. The molecule has 0 aromatic carbocycles. The average Bonchev–Trinajstić information content (AvgIpc) is 2.60. The van der Waals surface area contributed by atoms with Crippen LogP contribution in [0.3, 0.4) is 0 Å². The van der Waals surface area contributed by atoms with Crippen molar-refractivity contribution in [3.8, 4) is 0 Å². The lowest BCUT2D eigenvalue weighted by Gasteiger charge is -2.35. The van der Waals surface area contributed by atoms with E-state index in [2.05, 4.69) is 15.2 Å². The Kier molecular flexibility index (Phi) is 2.44. The third kappa shape index (κ3) is 1.85. The number of hydrogen-bond donors (Lipinski definition) is 2. The van der Waals surface area contributed by atoms with Gasteiger partial charge in [-0.05, 0) is 0 Å². The molecule has 2 rings (SSSR count). The van der Waals surface area contributed by atoms with Crippen LogP contribution in [0.15, 0.2) is 0 Å². The fraction of sp³-hybridized carbons (Fsp3) is 0.667. The third-order valence-corrected chi connectivity index (χ3v) is 2.44. The third-order valence-electron chi connectivity index (χ3n) is 2.44. The summed E-state index contributed by atoms with van der Waals surface area (Å²) in [5.41, 5.74) is 5.60. The molecule has 1 aliphatic heterocycles. The molecule has 0 radical (unpaired) electrons. The van der Waals surface area contributed by atoms with Gasteiger partial charge in [0.2, 0.25) is 5.82 Å². The number of aromatic amines is 1. The molecule has 1 aromatic rings. The number of aromatic nitrogens is 3. The molecule has 1 aromatic heterocycles. The Morgan fingerprint density at radius 2 is 2.27 bits per heavy atom. The van der Waals surface area contributed by atoms with E-state index in [9.17, 15) is 4.79 Å². The number of amides is 1. The first kappa shape index (κ1) is 10.1. The molecule has 1 amide bonds. The number of carbonyl (C=O) groups is 1. The van der Waals surface area contributed by atoms with Crippen molar-refractivity contribution in [1.29, 1.82) is 0 Å². The van der Waals surface area contributed by atoms with Crippen LogP contribution in [0.4, 0.5) is 0 Å². The van der Waals surface area contributed by atoms with Gasteiger partial charge in [-0.15, -0.1) is 5.10 Å². The van der Waals surface area contributed by atoms with Gasteiger partial charge in [-0.2, -0.15) is 0 Å². The Morgan fingerprint density at radius 3 is 2.73 bits per heavy atom. The number of nitrogens with zero attached hydrogens (tertiary/aromatic N) is 3. The summed E-state index contributed by atoms with van der Waals surface area (Å²) in [7, 11) is 0.